The third-order valence-corrected chi connectivity index (χ3v) is 3.94. The summed E-state index contributed by atoms with van der Waals surface area (Å²) in [5, 5.41) is 7.56. The lowest BCUT2D eigenvalue weighted by atomic mass is 10.2. The Labute approximate surface area is 149 Å². The van der Waals surface area contributed by atoms with Crippen molar-refractivity contribution in [2.75, 3.05) is 0 Å². The molecule has 126 valence electrons. The number of aromatic nitrogens is 2. The first-order valence-electron chi connectivity index (χ1n) is 7.73. The van der Waals surface area contributed by atoms with E-state index in [2.05, 4.69) is 10.4 Å². The average molecular weight is 354 g/mol. The summed E-state index contributed by atoms with van der Waals surface area (Å²) in [6.07, 6.45) is 0. The molecule has 0 saturated heterocycles. The van der Waals surface area contributed by atoms with Gasteiger partial charge in [0.15, 0.2) is 5.69 Å². The Balaban J connectivity index is 1.88. The molecule has 0 fully saturated rings. The quantitative estimate of drug-likeness (QED) is 0.783. The summed E-state index contributed by atoms with van der Waals surface area (Å²) >= 11 is 5.90. The molecule has 0 aliphatic carbocycles. The maximum Gasteiger partial charge on any atom is 0.276 e. The summed E-state index contributed by atoms with van der Waals surface area (Å²) in [7, 11) is 0. The number of nitrogens with one attached hydrogen (secondary N) is 1. The van der Waals surface area contributed by atoms with E-state index in [0.717, 1.165) is 11.3 Å². The van der Waals surface area contributed by atoms with E-state index < -0.39 is 11.3 Å². The highest BCUT2D eigenvalue weighted by atomic mass is 35.5. The predicted molar refractivity (Wildman–Crippen MR) is 97.2 cm³/mol. The second-order valence-corrected chi connectivity index (χ2v) is 5.99. The summed E-state index contributed by atoms with van der Waals surface area (Å²) in [5.74, 6) is -0.503. The summed E-state index contributed by atoms with van der Waals surface area (Å²) in [4.78, 5) is 24.6. The topological polar surface area (TPSA) is 64.0 Å². The molecule has 0 radical (unpaired) electrons. The Bertz CT molecular complexity index is 951. The number of carbonyl (C=O) groups excluding carboxylic acids is 1. The zero-order valence-corrected chi connectivity index (χ0v) is 14.3. The van der Waals surface area contributed by atoms with Crippen molar-refractivity contribution in [2.45, 2.75) is 13.5 Å². The summed E-state index contributed by atoms with van der Waals surface area (Å²) in [5.41, 5.74) is 1.75. The third kappa shape index (κ3) is 3.95. The lowest BCUT2D eigenvalue weighted by molar-refractivity contribution is 0.0943. The monoisotopic (exact) mass is 353 g/mol. The van der Waals surface area contributed by atoms with E-state index in [1.54, 1.807) is 35.9 Å². The molecule has 0 aliphatic heterocycles. The van der Waals surface area contributed by atoms with Crippen LogP contribution in [0.5, 0.6) is 0 Å². The molecule has 1 amide bonds. The fraction of sp³-hybridized carbons (Fsp3) is 0.105. The van der Waals surface area contributed by atoms with Crippen molar-refractivity contribution in [1.82, 2.24) is 15.1 Å². The van der Waals surface area contributed by atoms with E-state index in [9.17, 15) is 9.59 Å². The van der Waals surface area contributed by atoms with Gasteiger partial charge in [0.1, 0.15) is 0 Å². The normalized spacial score (nSPS) is 10.5. The van der Waals surface area contributed by atoms with Crippen molar-refractivity contribution in [3.8, 4) is 5.69 Å². The van der Waals surface area contributed by atoms with Gasteiger partial charge >= 0.3 is 0 Å². The maximum atomic E-state index is 12.4. The Morgan fingerprint density at radius 1 is 1.12 bits per heavy atom. The van der Waals surface area contributed by atoms with Crippen LogP contribution in [-0.2, 0) is 6.54 Å². The fourth-order valence-corrected chi connectivity index (χ4v) is 2.54. The molecule has 1 N–H and O–H groups in total. The second-order valence-electron chi connectivity index (χ2n) is 5.56. The van der Waals surface area contributed by atoms with Gasteiger partial charge in [-0.3, -0.25) is 9.59 Å². The molecule has 6 heteroatoms. The molecule has 0 atom stereocenters. The summed E-state index contributed by atoms with van der Waals surface area (Å²) in [6.45, 7) is 2.09. The van der Waals surface area contributed by atoms with Gasteiger partial charge in [-0.1, -0.05) is 41.9 Å². The zero-order chi connectivity index (χ0) is 17.8. The summed E-state index contributed by atoms with van der Waals surface area (Å²) < 4.78 is 1.55. The minimum absolute atomic E-state index is 0.142. The van der Waals surface area contributed by atoms with Crippen molar-refractivity contribution in [1.29, 1.82) is 0 Å². The molecule has 5 nitrogen and oxygen atoms in total. The first-order chi connectivity index (χ1) is 12.0. The molecule has 0 saturated carbocycles. The van der Waals surface area contributed by atoms with Gasteiger partial charge in [-0.2, -0.15) is 5.10 Å². The number of halogens is 1. The van der Waals surface area contributed by atoms with Crippen LogP contribution in [0.15, 0.2) is 65.5 Å². The molecule has 3 rings (SSSR count). The molecule has 25 heavy (non-hydrogen) atoms. The molecule has 0 unspecified atom stereocenters. The number of hydrogen-bond donors (Lipinski definition) is 1. The molecular weight excluding hydrogens is 338 g/mol. The van der Waals surface area contributed by atoms with E-state index in [4.69, 9.17) is 11.6 Å². The number of rotatable bonds is 4. The Kier molecular flexibility index (Phi) is 4.95. The molecule has 0 bridgehead atoms. The van der Waals surface area contributed by atoms with E-state index in [1.807, 2.05) is 30.3 Å². The zero-order valence-electron chi connectivity index (χ0n) is 13.6. The van der Waals surface area contributed by atoms with Crippen LogP contribution in [-0.4, -0.2) is 15.7 Å². The number of aryl methyl sites for hydroxylation is 1. The molecule has 0 spiro atoms. The van der Waals surface area contributed by atoms with Crippen molar-refractivity contribution < 1.29 is 4.79 Å². The van der Waals surface area contributed by atoms with E-state index >= 15 is 0 Å². The summed E-state index contributed by atoms with van der Waals surface area (Å²) in [6, 6.07) is 17.9. The molecule has 1 aromatic heterocycles. The van der Waals surface area contributed by atoms with Gasteiger partial charge in [0.05, 0.1) is 5.69 Å². The van der Waals surface area contributed by atoms with Gasteiger partial charge < -0.3 is 5.32 Å². The van der Waals surface area contributed by atoms with Crippen molar-refractivity contribution in [2.24, 2.45) is 0 Å². The third-order valence-electron chi connectivity index (χ3n) is 3.69. The molecule has 3 aromatic rings. The van der Waals surface area contributed by atoms with E-state index in [1.165, 1.54) is 6.07 Å². The molecule has 2 aromatic carbocycles. The molecule has 1 heterocycles. The van der Waals surface area contributed by atoms with Crippen LogP contribution in [0.1, 0.15) is 21.7 Å². The van der Waals surface area contributed by atoms with Crippen molar-refractivity contribution in [3.63, 3.8) is 0 Å². The van der Waals surface area contributed by atoms with Crippen LogP contribution in [0, 0.1) is 6.92 Å². The number of amides is 1. The largest absolute Gasteiger partial charge is 0.346 e. The van der Waals surface area contributed by atoms with E-state index in [0.29, 0.717) is 17.3 Å². The van der Waals surface area contributed by atoms with Gasteiger partial charge in [0, 0.05) is 23.3 Å². The van der Waals surface area contributed by atoms with Gasteiger partial charge in [0.25, 0.3) is 5.91 Å². The van der Waals surface area contributed by atoms with Crippen LogP contribution >= 0.6 is 11.6 Å². The average Bonchev–Trinajstić information content (AvgIpc) is 2.62. The highest BCUT2D eigenvalue weighted by Gasteiger charge is 2.15. The van der Waals surface area contributed by atoms with Crippen LogP contribution in [0.2, 0.25) is 5.02 Å². The van der Waals surface area contributed by atoms with Gasteiger partial charge in [0.2, 0.25) is 5.43 Å². The first-order valence-corrected chi connectivity index (χ1v) is 8.11. The maximum absolute atomic E-state index is 12.4. The standard InChI is InChI=1S/C19H16ClN3O2/c1-13-11-17(24)18(19(25)21-12-14-5-3-2-4-6-14)22-23(13)16-9-7-15(20)8-10-16/h2-11H,12H2,1H3,(H,21,25). The van der Waals surface area contributed by atoms with Crippen LogP contribution in [0.4, 0.5) is 0 Å². The highest BCUT2D eigenvalue weighted by molar-refractivity contribution is 6.30. The smallest absolute Gasteiger partial charge is 0.276 e. The Hall–Kier alpha value is -2.92. The van der Waals surface area contributed by atoms with Crippen molar-refractivity contribution >= 4 is 17.5 Å². The lowest BCUT2D eigenvalue weighted by Crippen LogP contribution is -2.31. The first kappa shape index (κ1) is 16.9. The van der Waals surface area contributed by atoms with Gasteiger partial charge in [-0.05, 0) is 36.8 Å². The number of hydrogen-bond acceptors (Lipinski definition) is 3. The SMILES string of the molecule is Cc1cc(=O)c(C(=O)NCc2ccccc2)nn1-c1ccc(Cl)cc1. The minimum Gasteiger partial charge on any atom is -0.346 e. The fourth-order valence-electron chi connectivity index (χ4n) is 2.41. The van der Waals surface area contributed by atoms with Crippen molar-refractivity contribution in [3.05, 3.63) is 92.9 Å². The Morgan fingerprint density at radius 2 is 1.80 bits per heavy atom. The van der Waals surface area contributed by atoms with Crippen LogP contribution < -0.4 is 10.7 Å². The number of carbonyl (C=O) groups is 1. The lowest BCUT2D eigenvalue weighted by Gasteiger charge is -2.11. The molecule has 0 aliphatic rings. The predicted octanol–water partition coefficient (Wildman–Crippen LogP) is 3.12. The van der Waals surface area contributed by atoms with Crippen LogP contribution in [0.25, 0.3) is 5.69 Å². The minimum atomic E-state index is -0.503. The van der Waals surface area contributed by atoms with Crippen LogP contribution in [0.3, 0.4) is 0 Å². The van der Waals surface area contributed by atoms with Gasteiger partial charge in [-0.15, -0.1) is 0 Å². The van der Waals surface area contributed by atoms with Gasteiger partial charge in [-0.25, -0.2) is 4.68 Å². The number of nitrogens with zero attached hydrogens (tertiary/aromatic N) is 2. The molecular formula is C19H16ClN3O2. The number of benzene rings is 2. The second kappa shape index (κ2) is 7.32. The Morgan fingerprint density at radius 3 is 2.48 bits per heavy atom. The highest BCUT2D eigenvalue weighted by Crippen LogP contribution is 2.13. The van der Waals surface area contributed by atoms with E-state index in [-0.39, 0.29) is 5.69 Å².